The minimum absolute atomic E-state index is 0.266. The molecule has 0 saturated heterocycles. The van der Waals surface area contributed by atoms with E-state index in [0.29, 0.717) is 11.3 Å². The molecular weight excluding hydrogens is 256 g/mol. The molecule has 1 unspecified atom stereocenters. The van der Waals surface area contributed by atoms with Gasteiger partial charge in [0.25, 0.3) is 0 Å². The van der Waals surface area contributed by atoms with Crippen LogP contribution in [0.4, 0.5) is 5.69 Å². The molecule has 0 aliphatic rings. The lowest BCUT2D eigenvalue weighted by Crippen LogP contribution is -2.09. The average Bonchev–Trinajstić information content (AvgIpc) is 2.98. The standard InChI is InChI=1S/C15H16N2OS/c1-3-12(15-5-4-8-19-15)17-13-7-6-11(10-16)9-14(13)18-2/h4-9,12,17H,3H2,1-2H3. The number of methoxy groups -OCH3 is 1. The fraction of sp³-hybridized carbons (Fsp3) is 0.267. The van der Waals surface area contributed by atoms with Crippen molar-refractivity contribution in [2.45, 2.75) is 19.4 Å². The van der Waals surface area contributed by atoms with Gasteiger partial charge in [0.15, 0.2) is 0 Å². The van der Waals surface area contributed by atoms with Crippen molar-refractivity contribution in [3.05, 3.63) is 46.2 Å². The summed E-state index contributed by atoms with van der Waals surface area (Å²) in [5.41, 5.74) is 1.52. The fourth-order valence-corrected chi connectivity index (χ4v) is 2.79. The molecule has 2 aromatic rings. The highest BCUT2D eigenvalue weighted by atomic mass is 32.1. The number of nitrogens with zero attached hydrogens (tertiary/aromatic N) is 1. The normalized spacial score (nSPS) is 11.6. The predicted octanol–water partition coefficient (Wildman–Crippen LogP) is 4.19. The highest BCUT2D eigenvalue weighted by molar-refractivity contribution is 7.10. The molecular formula is C15H16N2OS. The topological polar surface area (TPSA) is 45.0 Å². The van der Waals surface area contributed by atoms with E-state index in [4.69, 9.17) is 10.00 Å². The Labute approximate surface area is 117 Å². The molecule has 98 valence electrons. The van der Waals surface area contributed by atoms with Gasteiger partial charge in [-0.2, -0.15) is 5.26 Å². The van der Waals surface area contributed by atoms with E-state index in [0.717, 1.165) is 12.1 Å². The number of nitriles is 1. The van der Waals surface area contributed by atoms with Crippen LogP contribution >= 0.6 is 11.3 Å². The summed E-state index contributed by atoms with van der Waals surface area (Å²) in [4.78, 5) is 1.30. The van der Waals surface area contributed by atoms with Gasteiger partial charge >= 0.3 is 0 Å². The van der Waals surface area contributed by atoms with Crippen molar-refractivity contribution in [3.63, 3.8) is 0 Å². The molecule has 2 rings (SSSR count). The summed E-state index contributed by atoms with van der Waals surface area (Å²) in [5, 5.41) is 14.5. The van der Waals surface area contributed by atoms with Crippen LogP contribution in [0.2, 0.25) is 0 Å². The van der Waals surface area contributed by atoms with Gasteiger partial charge in [0.1, 0.15) is 5.75 Å². The van der Waals surface area contributed by atoms with E-state index in [2.05, 4.69) is 35.8 Å². The monoisotopic (exact) mass is 272 g/mol. The maximum Gasteiger partial charge on any atom is 0.143 e. The van der Waals surface area contributed by atoms with E-state index in [1.165, 1.54) is 4.88 Å². The van der Waals surface area contributed by atoms with E-state index in [1.807, 2.05) is 6.07 Å². The predicted molar refractivity (Wildman–Crippen MR) is 78.7 cm³/mol. The minimum Gasteiger partial charge on any atom is -0.495 e. The molecule has 1 heterocycles. The Bertz CT molecular complexity index is 572. The molecule has 0 fully saturated rings. The number of hydrogen-bond acceptors (Lipinski definition) is 4. The molecule has 0 radical (unpaired) electrons. The molecule has 1 N–H and O–H groups in total. The van der Waals surface area contributed by atoms with Crippen molar-refractivity contribution >= 4 is 17.0 Å². The van der Waals surface area contributed by atoms with Gasteiger partial charge in [-0.1, -0.05) is 13.0 Å². The summed E-state index contributed by atoms with van der Waals surface area (Å²) >= 11 is 1.74. The summed E-state index contributed by atoms with van der Waals surface area (Å²) < 4.78 is 5.34. The minimum atomic E-state index is 0.266. The molecule has 0 bridgehead atoms. The molecule has 1 aromatic carbocycles. The van der Waals surface area contributed by atoms with E-state index < -0.39 is 0 Å². The molecule has 4 heteroatoms. The molecule has 0 saturated carbocycles. The Morgan fingerprint density at radius 3 is 2.84 bits per heavy atom. The van der Waals surface area contributed by atoms with Gasteiger partial charge in [-0.25, -0.2) is 0 Å². The Morgan fingerprint density at radius 2 is 2.26 bits per heavy atom. The van der Waals surface area contributed by atoms with Gasteiger partial charge < -0.3 is 10.1 Å². The third-order valence-electron chi connectivity index (χ3n) is 2.96. The van der Waals surface area contributed by atoms with Gasteiger partial charge in [0, 0.05) is 10.9 Å². The lowest BCUT2D eigenvalue weighted by Gasteiger charge is -2.19. The van der Waals surface area contributed by atoms with Gasteiger partial charge in [-0.15, -0.1) is 11.3 Å². The van der Waals surface area contributed by atoms with Gasteiger partial charge in [-0.05, 0) is 30.0 Å². The summed E-state index contributed by atoms with van der Waals surface area (Å²) in [6.07, 6.45) is 0.990. The quantitative estimate of drug-likeness (QED) is 0.887. The lowest BCUT2D eigenvalue weighted by molar-refractivity contribution is 0.416. The zero-order chi connectivity index (χ0) is 13.7. The lowest BCUT2D eigenvalue weighted by atomic mass is 10.1. The zero-order valence-electron chi connectivity index (χ0n) is 11.0. The highest BCUT2D eigenvalue weighted by Gasteiger charge is 2.13. The third kappa shape index (κ3) is 3.07. The maximum absolute atomic E-state index is 8.90. The second-order valence-electron chi connectivity index (χ2n) is 4.15. The van der Waals surface area contributed by atoms with Crippen molar-refractivity contribution in [2.75, 3.05) is 12.4 Å². The Hall–Kier alpha value is -1.99. The van der Waals surface area contributed by atoms with Crippen LogP contribution in [0.15, 0.2) is 35.7 Å². The number of nitrogens with one attached hydrogen (secondary N) is 1. The third-order valence-corrected chi connectivity index (χ3v) is 3.94. The molecule has 0 spiro atoms. The molecule has 3 nitrogen and oxygen atoms in total. The van der Waals surface area contributed by atoms with Crippen LogP contribution in [0.1, 0.15) is 29.8 Å². The first-order valence-electron chi connectivity index (χ1n) is 6.16. The number of rotatable bonds is 5. The van der Waals surface area contributed by atoms with Crippen LogP contribution < -0.4 is 10.1 Å². The summed E-state index contributed by atoms with van der Waals surface area (Å²) in [5.74, 6) is 0.703. The van der Waals surface area contributed by atoms with E-state index in [1.54, 1.807) is 30.6 Å². The summed E-state index contributed by atoms with van der Waals surface area (Å²) in [6, 6.07) is 12.0. The Kier molecular flexibility index (Phi) is 4.43. The molecule has 0 aliphatic heterocycles. The highest BCUT2D eigenvalue weighted by Crippen LogP contribution is 2.31. The molecule has 0 amide bonds. The molecule has 19 heavy (non-hydrogen) atoms. The number of thiophene rings is 1. The van der Waals surface area contributed by atoms with Crippen molar-refractivity contribution < 1.29 is 4.74 Å². The Morgan fingerprint density at radius 1 is 1.42 bits per heavy atom. The van der Waals surface area contributed by atoms with Gasteiger partial charge in [-0.3, -0.25) is 0 Å². The number of anilines is 1. The number of ether oxygens (including phenoxy) is 1. The average molecular weight is 272 g/mol. The van der Waals surface area contributed by atoms with Crippen LogP contribution in [-0.4, -0.2) is 7.11 Å². The van der Waals surface area contributed by atoms with Crippen molar-refractivity contribution in [1.29, 1.82) is 5.26 Å². The van der Waals surface area contributed by atoms with Crippen LogP contribution in [0, 0.1) is 11.3 Å². The number of hydrogen-bond donors (Lipinski definition) is 1. The van der Waals surface area contributed by atoms with E-state index >= 15 is 0 Å². The van der Waals surface area contributed by atoms with Crippen LogP contribution in [0.3, 0.4) is 0 Å². The van der Waals surface area contributed by atoms with E-state index in [-0.39, 0.29) is 6.04 Å². The van der Waals surface area contributed by atoms with E-state index in [9.17, 15) is 0 Å². The molecule has 1 aromatic heterocycles. The summed E-state index contributed by atoms with van der Waals surface area (Å²) in [6.45, 7) is 2.15. The smallest absolute Gasteiger partial charge is 0.143 e. The zero-order valence-corrected chi connectivity index (χ0v) is 11.8. The van der Waals surface area contributed by atoms with Crippen LogP contribution in [0.25, 0.3) is 0 Å². The Balaban J connectivity index is 2.25. The number of benzene rings is 1. The van der Waals surface area contributed by atoms with Gasteiger partial charge in [0.2, 0.25) is 0 Å². The second-order valence-corrected chi connectivity index (χ2v) is 5.13. The van der Waals surface area contributed by atoms with Crippen molar-refractivity contribution in [3.8, 4) is 11.8 Å². The first-order chi connectivity index (χ1) is 9.28. The van der Waals surface area contributed by atoms with Crippen molar-refractivity contribution in [2.24, 2.45) is 0 Å². The SMILES string of the molecule is CCC(Nc1ccc(C#N)cc1OC)c1cccs1. The second kappa shape index (κ2) is 6.26. The van der Waals surface area contributed by atoms with Gasteiger partial charge in [0.05, 0.1) is 30.5 Å². The maximum atomic E-state index is 8.90. The molecule has 0 aliphatic carbocycles. The molecule has 1 atom stereocenters. The van der Waals surface area contributed by atoms with Crippen LogP contribution in [0.5, 0.6) is 5.75 Å². The largest absolute Gasteiger partial charge is 0.495 e. The van der Waals surface area contributed by atoms with Crippen molar-refractivity contribution in [1.82, 2.24) is 0 Å². The summed E-state index contributed by atoms with van der Waals surface area (Å²) in [7, 11) is 1.62. The first-order valence-corrected chi connectivity index (χ1v) is 7.04. The van der Waals surface area contributed by atoms with Crippen LogP contribution in [-0.2, 0) is 0 Å². The first kappa shape index (κ1) is 13.4. The fourth-order valence-electron chi connectivity index (χ4n) is 1.93.